The first-order chi connectivity index (χ1) is 7.62. The van der Waals surface area contributed by atoms with Crippen LogP contribution in [0.2, 0.25) is 0 Å². The smallest absolute Gasteiger partial charge is 0.186 e. The molecule has 1 atom stereocenters. The molecule has 0 aromatic heterocycles. The van der Waals surface area contributed by atoms with Crippen LogP contribution in [0.4, 0.5) is 0 Å². The standard InChI is InChI=1S/C12H15NO2S/c1-10(12-8-5-9-13-12)16(14,15)11-6-3-2-4-7-11/h2-4,6-7,10H,5,8-9H2,1H3. The number of nitrogens with zero attached hydrogens (tertiary/aromatic N) is 1. The van der Waals surface area contributed by atoms with E-state index < -0.39 is 15.1 Å². The van der Waals surface area contributed by atoms with E-state index in [9.17, 15) is 8.42 Å². The van der Waals surface area contributed by atoms with Gasteiger partial charge in [-0.25, -0.2) is 8.42 Å². The first kappa shape index (κ1) is 11.3. The molecule has 4 heteroatoms. The van der Waals surface area contributed by atoms with Crippen LogP contribution in [0.25, 0.3) is 0 Å². The van der Waals surface area contributed by atoms with E-state index in [0.29, 0.717) is 4.90 Å². The van der Waals surface area contributed by atoms with Gasteiger partial charge in [-0.15, -0.1) is 0 Å². The van der Waals surface area contributed by atoms with Gasteiger partial charge < -0.3 is 0 Å². The van der Waals surface area contributed by atoms with Crippen LogP contribution in [0.5, 0.6) is 0 Å². The van der Waals surface area contributed by atoms with Gasteiger partial charge in [0.15, 0.2) is 9.84 Å². The molecule has 0 saturated carbocycles. The van der Waals surface area contributed by atoms with Crippen LogP contribution in [0.3, 0.4) is 0 Å². The lowest BCUT2D eigenvalue weighted by molar-refractivity contribution is 0.592. The summed E-state index contributed by atoms with van der Waals surface area (Å²) in [5.74, 6) is 0. The lowest BCUT2D eigenvalue weighted by Crippen LogP contribution is -2.26. The maximum Gasteiger partial charge on any atom is 0.186 e. The Morgan fingerprint density at radius 1 is 1.25 bits per heavy atom. The average molecular weight is 237 g/mol. The molecule has 0 spiro atoms. The zero-order valence-electron chi connectivity index (χ0n) is 9.26. The number of hydrogen-bond donors (Lipinski definition) is 0. The molecule has 1 aliphatic heterocycles. The SMILES string of the molecule is CC(C1=NCCC1)S(=O)(=O)c1ccccc1. The number of hydrogen-bond acceptors (Lipinski definition) is 3. The van der Waals surface area contributed by atoms with Crippen molar-refractivity contribution in [2.75, 3.05) is 6.54 Å². The molecule has 0 amide bonds. The van der Waals surface area contributed by atoms with Crippen LogP contribution in [0.1, 0.15) is 19.8 Å². The molecule has 0 saturated heterocycles. The molecule has 0 fully saturated rings. The van der Waals surface area contributed by atoms with Gasteiger partial charge in [0.25, 0.3) is 0 Å². The molecular weight excluding hydrogens is 222 g/mol. The van der Waals surface area contributed by atoms with Crippen molar-refractivity contribution in [1.29, 1.82) is 0 Å². The first-order valence-electron chi connectivity index (χ1n) is 5.44. The van der Waals surface area contributed by atoms with Crippen LogP contribution in [0, 0.1) is 0 Å². The zero-order valence-corrected chi connectivity index (χ0v) is 10.1. The van der Waals surface area contributed by atoms with Gasteiger partial charge in [0.1, 0.15) is 5.25 Å². The van der Waals surface area contributed by atoms with E-state index in [-0.39, 0.29) is 0 Å². The molecule has 1 heterocycles. The molecular formula is C12H15NO2S. The summed E-state index contributed by atoms with van der Waals surface area (Å²) in [5.41, 5.74) is 0.823. The van der Waals surface area contributed by atoms with Crippen LogP contribution >= 0.6 is 0 Å². The van der Waals surface area contributed by atoms with E-state index in [0.717, 1.165) is 25.1 Å². The molecule has 1 aliphatic rings. The fourth-order valence-electron chi connectivity index (χ4n) is 1.89. The zero-order chi connectivity index (χ0) is 11.6. The third-order valence-corrected chi connectivity index (χ3v) is 5.04. The van der Waals surface area contributed by atoms with Crippen molar-refractivity contribution < 1.29 is 8.42 Å². The van der Waals surface area contributed by atoms with E-state index in [1.165, 1.54) is 0 Å². The van der Waals surface area contributed by atoms with Crippen molar-refractivity contribution in [2.24, 2.45) is 4.99 Å². The number of sulfone groups is 1. The molecule has 1 unspecified atom stereocenters. The Bertz CT molecular complexity index is 491. The van der Waals surface area contributed by atoms with Crippen molar-refractivity contribution >= 4 is 15.5 Å². The molecule has 16 heavy (non-hydrogen) atoms. The maximum absolute atomic E-state index is 12.2. The van der Waals surface area contributed by atoms with Crippen LogP contribution in [-0.4, -0.2) is 25.9 Å². The Kier molecular flexibility index (Phi) is 3.10. The van der Waals surface area contributed by atoms with Crippen LogP contribution < -0.4 is 0 Å². The minimum absolute atomic E-state index is 0.386. The number of rotatable bonds is 3. The van der Waals surface area contributed by atoms with E-state index in [2.05, 4.69) is 4.99 Å². The molecule has 2 rings (SSSR count). The normalized spacial score (nSPS) is 18.2. The van der Waals surface area contributed by atoms with Crippen molar-refractivity contribution in [3.63, 3.8) is 0 Å². The summed E-state index contributed by atoms with van der Waals surface area (Å²) in [6, 6.07) is 8.59. The summed E-state index contributed by atoms with van der Waals surface area (Å²) < 4.78 is 24.5. The predicted molar refractivity (Wildman–Crippen MR) is 64.6 cm³/mol. The minimum atomic E-state index is -3.25. The second kappa shape index (κ2) is 4.37. The van der Waals surface area contributed by atoms with Gasteiger partial charge in [-0.3, -0.25) is 4.99 Å². The van der Waals surface area contributed by atoms with Crippen LogP contribution in [-0.2, 0) is 9.84 Å². The van der Waals surface area contributed by atoms with Crippen LogP contribution in [0.15, 0.2) is 40.2 Å². The summed E-state index contributed by atoms with van der Waals surface area (Å²) >= 11 is 0. The predicted octanol–water partition coefficient (Wildman–Crippen LogP) is 2.08. The van der Waals surface area contributed by atoms with Crippen molar-refractivity contribution in [1.82, 2.24) is 0 Å². The van der Waals surface area contributed by atoms with Gasteiger partial charge in [0.05, 0.1) is 4.90 Å². The van der Waals surface area contributed by atoms with Gasteiger partial charge in [0, 0.05) is 12.3 Å². The highest BCUT2D eigenvalue weighted by molar-refractivity contribution is 7.92. The number of benzene rings is 1. The highest BCUT2D eigenvalue weighted by Crippen LogP contribution is 2.20. The Morgan fingerprint density at radius 3 is 2.50 bits per heavy atom. The fraction of sp³-hybridized carbons (Fsp3) is 0.417. The molecule has 1 aromatic carbocycles. The minimum Gasteiger partial charge on any atom is -0.293 e. The van der Waals surface area contributed by atoms with Gasteiger partial charge in [0.2, 0.25) is 0 Å². The highest BCUT2D eigenvalue weighted by atomic mass is 32.2. The average Bonchev–Trinajstić information content (AvgIpc) is 2.82. The summed E-state index contributed by atoms with van der Waals surface area (Å²) in [5, 5.41) is -0.489. The molecule has 0 radical (unpaired) electrons. The summed E-state index contributed by atoms with van der Waals surface area (Å²) in [7, 11) is -3.25. The lowest BCUT2D eigenvalue weighted by Gasteiger charge is -2.12. The lowest BCUT2D eigenvalue weighted by atomic mass is 10.2. The molecule has 86 valence electrons. The van der Waals surface area contributed by atoms with Crippen molar-refractivity contribution in [3.8, 4) is 0 Å². The third-order valence-electron chi connectivity index (χ3n) is 2.91. The van der Waals surface area contributed by atoms with Gasteiger partial charge in [-0.05, 0) is 31.9 Å². The summed E-state index contributed by atoms with van der Waals surface area (Å²) in [6.07, 6.45) is 1.79. The topological polar surface area (TPSA) is 46.5 Å². The summed E-state index contributed by atoms with van der Waals surface area (Å²) in [4.78, 5) is 4.65. The molecule has 3 nitrogen and oxygen atoms in total. The number of aliphatic imine (C=N–C) groups is 1. The molecule has 0 bridgehead atoms. The molecule has 0 N–H and O–H groups in total. The van der Waals surface area contributed by atoms with Gasteiger partial charge >= 0.3 is 0 Å². The summed E-state index contributed by atoms with van der Waals surface area (Å²) in [6.45, 7) is 2.50. The molecule has 0 aliphatic carbocycles. The van der Waals surface area contributed by atoms with Crippen molar-refractivity contribution in [3.05, 3.63) is 30.3 Å². The Labute approximate surface area is 96.1 Å². The quantitative estimate of drug-likeness (QED) is 0.808. The largest absolute Gasteiger partial charge is 0.293 e. The highest BCUT2D eigenvalue weighted by Gasteiger charge is 2.28. The maximum atomic E-state index is 12.2. The van der Waals surface area contributed by atoms with Gasteiger partial charge in [-0.2, -0.15) is 0 Å². The first-order valence-corrected chi connectivity index (χ1v) is 6.99. The third kappa shape index (κ3) is 2.02. The Morgan fingerprint density at radius 2 is 1.94 bits per heavy atom. The van der Waals surface area contributed by atoms with E-state index in [4.69, 9.17) is 0 Å². The van der Waals surface area contributed by atoms with E-state index in [1.807, 2.05) is 6.07 Å². The fourth-order valence-corrected chi connectivity index (χ4v) is 3.38. The Balaban J connectivity index is 2.33. The van der Waals surface area contributed by atoms with Crippen molar-refractivity contribution in [2.45, 2.75) is 29.9 Å². The van der Waals surface area contributed by atoms with Gasteiger partial charge in [-0.1, -0.05) is 18.2 Å². The van der Waals surface area contributed by atoms with E-state index >= 15 is 0 Å². The molecule has 1 aromatic rings. The second-order valence-electron chi connectivity index (χ2n) is 3.98. The monoisotopic (exact) mass is 237 g/mol. The van der Waals surface area contributed by atoms with E-state index in [1.54, 1.807) is 31.2 Å². The second-order valence-corrected chi connectivity index (χ2v) is 6.25. The Hall–Kier alpha value is -1.16.